The van der Waals surface area contributed by atoms with Crippen LogP contribution in [0.25, 0.3) is 0 Å². The number of hydrogen-bond donors (Lipinski definition) is 2. The number of carboxylic acid groups (broad SMARTS) is 1. The first-order valence-electron chi connectivity index (χ1n) is 5.13. The first-order valence-corrected chi connectivity index (χ1v) is 8.23. The summed E-state index contributed by atoms with van der Waals surface area (Å²) >= 11 is 3.77. The van der Waals surface area contributed by atoms with Gasteiger partial charge in [0.15, 0.2) is 5.82 Å². The SMILES string of the molecule is Cc1cc(S(=O)(=O)Nc2cnc(Br)cn2)sc1C(=O)O. The Morgan fingerprint density at radius 3 is 2.60 bits per heavy atom. The lowest BCUT2D eigenvalue weighted by Crippen LogP contribution is -2.12. The van der Waals surface area contributed by atoms with Gasteiger partial charge in [-0.15, -0.1) is 11.3 Å². The van der Waals surface area contributed by atoms with Gasteiger partial charge in [-0.2, -0.15) is 0 Å². The van der Waals surface area contributed by atoms with E-state index in [-0.39, 0.29) is 14.9 Å². The first kappa shape index (κ1) is 14.9. The van der Waals surface area contributed by atoms with Gasteiger partial charge in [-0.25, -0.2) is 23.2 Å². The van der Waals surface area contributed by atoms with Gasteiger partial charge in [-0.05, 0) is 34.5 Å². The number of aryl methyl sites for hydroxylation is 1. The molecule has 0 radical (unpaired) electrons. The topological polar surface area (TPSA) is 109 Å². The van der Waals surface area contributed by atoms with Crippen LogP contribution in [0.1, 0.15) is 15.2 Å². The molecule has 2 aromatic heterocycles. The fourth-order valence-corrected chi connectivity index (χ4v) is 3.93. The fraction of sp³-hybridized carbons (Fsp3) is 0.100. The molecule has 0 unspecified atom stereocenters. The first-order chi connectivity index (χ1) is 9.29. The number of anilines is 1. The number of sulfonamides is 1. The zero-order chi connectivity index (χ0) is 14.9. The Bertz CT molecular complexity index is 755. The third kappa shape index (κ3) is 3.14. The molecule has 7 nitrogen and oxygen atoms in total. The van der Waals surface area contributed by atoms with E-state index in [1.807, 2.05) is 0 Å². The highest BCUT2D eigenvalue weighted by molar-refractivity contribution is 9.10. The predicted molar refractivity (Wildman–Crippen MR) is 76.6 cm³/mol. The Kier molecular flexibility index (Phi) is 4.06. The van der Waals surface area contributed by atoms with E-state index >= 15 is 0 Å². The van der Waals surface area contributed by atoms with Crippen LogP contribution in [0.15, 0.2) is 27.3 Å². The van der Waals surface area contributed by atoms with E-state index in [1.54, 1.807) is 6.92 Å². The molecule has 20 heavy (non-hydrogen) atoms. The summed E-state index contributed by atoms with van der Waals surface area (Å²) in [5.74, 6) is -1.10. The maximum Gasteiger partial charge on any atom is 0.346 e. The van der Waals surface area contributed by atoms with Crippen LogP contribution < -0.4 is 4.72 Å². The standard InChI is InChI=1S/C10H8BrN3O4S2/c1-5-2-8(19-9(5)10(15)16)20(17,18)14-7-4-12-6(11)3-13-7/h2-4H,1H3,(H,13,14)(H,15,16). The number of thiophene rings is 1. The lowest BCUT2D eigenvalue weighted by molar-refractivity contribution is 0.0701. The summed E-state index contributed by atoms with van der Waals surface area (Å²) in [6.45, 7) is 1.54. The van der Waals surface area contributed by atoms with Crippen LogP contribution in [-0.4, -0.2) is 29.5 Å². The van der Waals surface area contributed by atoms with Gasteiger partial charge in [0.05, 0.1) is 12.4 Å². The van der Waals surface area contributed by atoms with Crippen molar-refractivity contribution in [3.05, 3.63) is 33.5 Å². The summed E-state index contributed by atoms with van der Waals surface area (Å²) in [6.07, 6.45) is 2.60. The molecule has 0 aliphatic heterocycles. The molecule has 0 spiro atoms. The van der Waals surface area contributed by atoms with Crippen molar-refractivity contribution in [2.24, 2.45) is 0 Å². The minimum absolute atomic E-state index is 0.00716. The molecule has 0 atom stereocenters. The molecule has 0 aromatic carbocycles. The van der Waals surface area contributed by atoms with E-state index in [0.717, 1.165) is 0 Å². The Hall–Kier alpha value is -1.52. The molecule has 2 aromatic rings. The number of carbonyl (C=O) groups is 1. The summed E-state index contributed by atoms with van der Waals surface area (Å²) in [5, 5.41) is 8.93. The van der Waals surface area contributed by atoms with Gasteiger partial charge in [0.1, 0.15) is 13.7 Å². The molecule has 2 heterocycles. The molecule has 2 rings (SSSR count). The Morgan fingerprint density at radius 2 is 2.10 bits per heavy atom. The zero-order valence-corrected chi connectivity index (χ0v) is 13.2. The van der Waals surface area contributed by atoms with Crippen LogP contribution in [0, 0.1) is 6.92 Å². The maximum absolute atomic E-state index is 12.1. The van der Waals surface area contributed by atoms with Crippen molar-refractivity contribution in [3.8, 4) is 0 Å². The van der Waals surface area contributed by atoms with E-state index in [9.17, 15) is 13.2 Å². The molecular formula is C10H8BrN3O4S2. The molecule has 0 bridgehead atoms. The van der Waals surface area contributed by atoms with Crippen molar-refractivity contribution in [1.29, 1.82) is 0 Å². The van der Waals surface area contributed by atoms with Gasteiger partial charge in [0.2, 0.25) is 0 Å². The second-order valence-electron chi connectivity index (χ2n) is 3.71. The highest BCUT2D eigenvalue weighted by Gasteiger charge is 2.22. The number of nitrogens with one attached hydrogen (secondary N) is 1. The summed E-state index contributed by atoms with van der Waals surface area (Å²) in [4.78, 5) is 18.6. The lowest BCUT2D eigenvalue weighted by atomic mass is 10.3. The van der Waals surface area contributed by atoms with Crippen molar-refractivity contribution >= 4 is 49.1 Å². The van der Waals surface area contributed by atoms with Crippen LogP contribution >= 0.6 is 27.3 Å². The minimum Gasteiger partial charge on any atom is -0.477 e. The Morgan fingerprint density at radius 1 is 1.40 bits per heavy atom. The van der Waals surface area contributed by atoms with Gasteiger partial charge < -0.3 is 5.11 Å². The number of rotatable bonds is 4. The number of hydrogen-bond acceptors (Lipinski definition) is 6. The van der Waals surface area contributed by atoms with E-state index in [1.165, 1.54) is 18.5 Å². The van der Waals surface area contributed by atoms with E-state index in [2.05, 4.69) is 30.6 Å². The third-order valence-corrected chi connectivity index (χ3v) is 5.68. The van der Waals surface area contributed by atoms with E-state index < -0.39 is 16.0 Å². The zero-order valence-electron chi connectivity index (χ0n) is 9.99. The molecule has 2 N–H and O–H groups in total. The lowest BCUT2D eigenvalue weighted by Gasteiger charge is -2.04. The Balaban J connectivity index is 2.33. The predicted octanol–water partition coefficient (Wildman–Crippen LogP) is 2.11. The molecule has 0 aliphatic rings. The van der Waals surface area contributed by atoms with E-state index in [0.29, 0.717) is 21.5 Å². The Labute approximate surface area is 126 Å². The summed E-state index contributed by atoms with van der Waals surface area (Å²) < 4.78 is 26.8. The fourth-order valence-electron chi connectivity index (χ4n) is 1.35. The van der Waals surface area contributed by atoms with Crippen LogP contribution in [0.4, 0.5) is 5.82 Å². The van der Waals surface area contributed by atoms with Crippen LogP contribution in [0.5, 0.6) is 0 Å². The second-order valence-corrected chi connectivity index (χ2v) is 7.49. The second kappa shape index (κ2) is 5.46. The molecule has 106 valence electrons. The molecule has 0 saturated heterocycles. The van der Waals surface area contributed by atoms with Crippen molar-refractivity contribution < 1.29 is 18.3 Å². The van der Waals surface area contributed by atoms with Gasteiger partial charge in [0, 0.05) is 0 Å². The largest absolute Gasteiger partial charge is 0.477 e. The van der Waals surface area contributed by atoms with Crippen molar-refractivity contribution in [2.45, 2.75) is 11.1 Å². The smallest absolute Gasteiger partial charge is 0.346 e. The molecule has 0 aliphatic carbocycles. The highest BCUT2D eigenvalue weighted by atomic mass is 79.9. The van der Waals surface area contributed by atoms with Gasteiger partial charge >= 0.3 is 5.97 Å². The number of carboxylic acids is 1. The van der Waals surface area contributed by atoms with Gasteiger partial charge in [-0.3, -0.25) is 4.72 Å². The average Bonchev–Trinajstić information content (AvgIpc) is 2.75. The normalized spacial score (nSPS) is 11.3. The summed E-state index contributed by atoms with van der Waals surface area (Å²) in [5.41, 5.74) is 0.393. The van der Waals surface area contributed by atoms with Crippen LogP contribution in [-0.2, 0) is 10.0 Å². The van der Waals surface area contributed by atoms with Gasteiger partial charge in [-0.1, -0.05) is 0 Å². The van der Waals surface area contributed by atoms with E-state index in [4.69, 9.17) is 5.11 Å². The van der Waals surface area contributed by atoms with Crippen molar-refractivity contribution in [2.75, 3.05) is 4.72 Å². The molecule has 0 fully saturated rings. The minimum atomic E-state index is -3.87. The average molecular weight is 378 g/mol. The number of aromatic nitrogens is 2. The number of aromatic carboxylic acids is 1. The molecule has 0 amide bonds. The van der Waals surface area contributed by atoms with Crippen LogP contribution in [0.2, 0.25) is 0 Å². The molecule has 10 heteroatoms. The number of nitrogens with zero attached hydrogens (tertiary/aromatic N) is 2. The molecule has 0 saturated carbocycles. The highest BCUT2D eigenvalue weighted by Crippen LogP contribution is 2.27. The quantitative estimate of drug-likeness (QED) is 0.844. The third-order valence-electron chi connectivity index (χ3n) is 2.21. The summed E-state index contributed by atoms with van der Waals surface area (Å²) in [6, 6.07) is 1.31. The van der Waals surface area contributed by atoms with Crippen molar-refractivity contribution in [1.82, 2.24) is 9.97 Å². The van der Waals surface area contributed by atoms with Crippen molar-refractivity contribution in [3.63, 3.8) is 0 Å². The van der Waals surface area contributed by atoms with Gasteiger partial charge in [0.25, 0.3) is 10.0 Å². The molecular weight excluding hydrogens is 370 g/mol. The number of halogens is 1. The monoisotopic (exact) mass is 377 g/mol. The maximum atomic E-state index is 12.1. The van der Waals surface area contributed by atoms with Crippen LogP contribution in [0.3, 0.4) is 0 Å². The summed E-state index contributed by atoms with van der Waals surface area (Å²) in [7, 11) is -3.87.